The largest absolute Gasteiger partial charge is 0.356 e. The van der Waals surface area contributed by atoms with Crippen molar-refractivity contribution in [2.24, 2.45) is 0 Å². The Morgan fingerprint density at radius 1 is 1.55 bits per heavy atom. The Labute approximate surface area is 79.1 Å². The summed E-state index contributed by atoms with van der Waals surface area (Å²) in [6.07, 6.45) is 2.12. The molecule has 2 nitrogen and oxygen atoms in total. The lowest BCUT2D eigenvalue weighted by Crippen LogP contribution is -2.20. The van der Waals surface area contributed by atoms with Gasteiger partial charge in [0.05, 0.1) is 0 Å². The lowest BCUT2D eigenvalue weighted by atomic mass is 10.3. The van der Waals surface area contributed by atoms with Gasteiger partial charge < -0.3 is 5.32 Å². The maximum atomic E-state index is 10.4. The second kappa shape index (κ2) is 7.06. The van der Waals surface area contributed by atoms with Crippen molar-refractivity contribution in [2.75, 3.05) is 12.3 Å². The van der Waals surface area contributed by atoms with Gasteiger partial charge in [0.15, 0.2) is 0 Å². The monoisotopic (exact) mass is 213 g/mol. The topological polar surface area (TPSA) is 29.1 Å². The lowest BCUT2D eigenvalue weighted by molar-refractivity contribution is -0.118. The number of unbranched alkanes of at least 4 members (excludes halogenated alkanes) is 1. The number of hydrogen-bond donors (Lipinski definition) is 4. The molecule has 0 aliphatic rings. The predicted octanol–water partition coefficient (Wildman–Crippen LogP) is 1.59. The summed E-state index contributed by atoms with van der Waals surface area (Å²) in [5, 5.41) is 2.74. The normalized spacial score (nSPS) is 12.5. The van der Waals surface area contributed by atoms with Crippen molar-refractivity contribution in [3.63, 3.8) is 0 Å². The van der Waals surface area contributed by atoms with Gasteiger partial charge in [0.2, 0.25) is 5.91 Å². The van der Waals surface area contributed by atoms with E-state index in [2.05, 4.69) is 27.9 Å². The van der Waals surface area contributed by atoms with Crippen molar-refractivity contribution >= 4 is 36.8 Å². The van der Waals surface area contributed by atoms with E-state index < -0.39 is 0 Å². The molecule has 5 heteroatoms. The second-order valence-electron chi connectivity index (χ2n) is 2.29. The van der Waals surface area contributed by atoms with E-state index in [0.29, 0.717) is 0 Å². The second-order valence-corrected chi connectivity index (χ2v) is 7.32. The number of carbonyl (C=O) groups excluding carboxylic acids is 1. The molecule has 0 saturated heterocycles. The molecule has 0 bridgehead atoms. The minimum Gasteiger partial charge on any atom is -0.356 e. The van der Waals surface area contributed by atoms with E-state index in [0.717, 1.165) is 25.1 Å². The van der Waals surface area contributed by atoms with E-state index in [1.165, 1.54) is 6.92 Å². The molecule has 0 spiro atoms. The molecular weight excluding hydrogens is 198 g/mol. The minimum absolute atomic E-state index is 0.0454. The van der Waals surface area contributed by atoms with Crippen molar-refractivity contribution in [2.45, 2.75) is 19.8 Å². The summed E-state index contributed by atoms with van der Waals surface area (Å²) >= 11 is 4.18. The Morgan fingerprint density at radius 3 is 2.64 bits per heavy atom. The molecule has 68 valence electrons. The van der Waals surface area contributed by atoms with Crippen molar-refractivity contribution in [1.29, 1.82) is 0 Å². The minimum atomic E-state index is -0.356. The third-order valence-electron chi connectivity index (χ3n) is 1.16. The number of hydrogen-bond acceptors (Lipinski definition) is 2. The van der Waals surface area contributed by atoms with Gasteiger partial charge >= 0.3 is 0 Å². The zero-order valence-corrected chi connectivity index (χ0v) is 9.26. The fraction of sp³-hybridized carbons (Fsp3) is 0.833. The van der Waals surface area contributed by atoms with Crippen LogP contribution in [0.25, 0.3) is 0 Å². The van der Waals surface area contributed by atoms with Gasteiger partial charge in [-0.05, 0) is 18.6 Å². The number of carbonyl (C=O) groups is 1. The van der Waals surface area contributed by atoms with E-state index in [-0.39, 0.29) is 14.2 Å². The molecule has 0 saturated carbocycles. The third kappa shape index (κ3) is 10.4. The van der Waals surface area contributed by atoms with Crippen LogP contribution in [0.5, 0.6) is 0 Å². The molecule has 0 fully saturated rings. The van der Waals surface area contributed by atoms with Crippen molar-refractivity contribution in [3.05, 3.63) is 0 Å². The van der Waals surface area contributed by atoms with Crippen molar-refractivity contribution < 1.29 is 4.79 Å². The molecule has 1 atom stereocenters. The van der Waals surface area contributed by atoms with E-state index in [1.54, 1.807) is 0 Å². The van der Waals surface area contributed by atoms with Gasteiger partial charge in [-0.25, -0.2) is 0 Å². The first-order valence-electron chi connectivity index (χ1n) is 3.52. The molecule has 11 heavy (non-hydrogen) atoms. The van der Waals surface area contributed by atoms with Gasteiger partial charge in [0, 0.05) is 13.5 Å². The fourth-order valence-electron chi connectivity index (χ4n) is 0.643. The van der Waals surface area contributed by atoms with Crippen LogP contribution >= 0.6 is 30.9 Å². The highest BCUT2D eigenvalue weighted by molar-refractivity contribution is 8.83. The molecule has 0 aliphatic heterocycles. The molecule has 0 aliphatic carbocycles. The fourth-order valence-corrected chi connectivity index (χ4v) is 2.00. The molecule has 0 aromatic heterocycles. The van der Waals surface area contributed by atoms with Crippen LogP contribution in [0.2, 0.25) is 0 Å². The molecule has 1 N–H and O–H groups in total. The van der Waals surface area contributed by atoms with Crippen LogP contribution in [0.4, 0.5) is 0 Å². The lowest BCUT2D eigenvalue weighted by Gasteiger charge is -2.00. The summed E-state index contributed by atoms with van der Waals surface area (Å²) in [5.41, 5.74) is 0. The number of rotatable bonds is 4. The van der Waals surface area contributed by atoms with Crippen LogP contribution in [-0.2, 0) is 4.79 Å². The van der Waals surface area contributed by atoms with Crippen LogP contribution in [0, 0.1) is 0 Å². The molecule has 0 aromatic rings. The summed E-state index contributed by atoms with van der Waals surface area (Å²) < 4.78 is 0. The van der Waals surface area contributed by atoms with E-state index >= 15 is 0 Å². The molecule has 0 aromatic carbocycles. The summed E-state index contributed by atoms with van der Waals surface area (Å²) in [5.74, 6) is 1.10. The molecular formula is C6H15NOS3. The predicted molar refractivity (Wildman–Crippen MR) is 59.7 cm³/mol. The van der Waals surface area contributed by atoms with Crippen LogP contribution < -0.4 is 5.32 Å². The number of thiol groups is 3. The summed E-state index contributed by atoms with van der Waals surface area (Å²) in [7, 11) is 3.83. The van der Waals surface area contributed by atoms with Crippen LogP contribution in [-0.4, -0.2) is 18.2 Å². The maximum absolute atomic E-state index is 10.4. The highest BCUT2D eigenvalue weighted by atomic mass is 33.2. The third-order valence-corrected chi connectivity index (χ3v) is 3.08. The zero-order valence-electron chi connectivity index (χ0n) is 6.58. The average Bonchev–Trinajstić information content (AvgIpc) is 1.85. The van der Waals surface area contributed by atoms with Gasteiger partial charge in [0.25, 0.3) is 0 Å². The Morgan fingerprint density at radius 2 is 2.18 bits per heavy atom. The highest BCUT2D eigenvalue weighted by Crippen LogP contribution is 2.16. The molecule has 0 rings (SSSR count). The highest BCUT2D eigenvalue weighted by Gasteiger charge is 1.90. The van der Waals surface area contributed by atoms with Crippen molar-refractivity contribution in [3.8, 4) is 0 Å². The molecule has 0 heterocycles. The Kier molecular flexibility index (Phi) is 7.31. The zero-order chi connectivity index (χ0) is 8.69. The SMILES string of the molecule is CC(=O)NCCCC[SH](S)#[SH]. The molecule has 0 radical (unpaired) electrons. The smallest absolute Gasteiger partial charge is 0.216 e. The Bertz CT molecular complexity index is 184. The summed E-state index contributed by atoms with van der Waals surface area (Å²) in [4.78, 5) is 10.4. The van der Waals surface area contributed by atoms with E-state index in [1.807, 2.05) is 0 Å². The van der Waals surface area contributed by atoms with Crippen LogP contribution in [0.3, 0.4) is 0 Å². The molecule has 1 unspecified atom stereocenters. The van der Waals surface area contributed by atoms with Crippen molar-refractivity contribution in [1.82, 2.24) is 5.32 Å². The van der Waals surface area contributed by atoms with Crippen LogP contribution in [0.15, 0.2) is 0 Å². The Hall–Kier alpha value is 0.390. The summed E-state index contributed by atoms with van der Waals surface area (Å²) in [6.45, 7) is 2.31. The van der Waals surface area contributed by atoms with Crippen LogP contribution in [0.1, 0.15) is 19.8 Å². The van der Waals surface area contributed by atoms with E-state index in [9.17, 15) is 4.79 Å². The average molecular weight is 213 g/mol. The first-order valence-corrected chi connectivity index (χ1v) is 7.36. The van der Waals surface area contributed by atoms with Gasteiger partial charge in [0.1, 0.15) is 0 Å². The Balaban J connectivity index is 3.05. The van der Waals surface area contributed by atoms with Gasteiger partial charge in [-0.3, -0.25) is 4.79 Å². The molecule has 1 amide bonds. The number of amides is 1. The standard InChI is InChI=1S/C6H15NOS3/c1-6(8)7-4-2-3-5-11(9)10/h9-11H,2-5H2,1H3,(H,7,8). The van der Waals surface area contributed by atoms with Gasteiger partial charge in [-0.2, -0.15) is 11.0 Å². The van der Waals surface area contributed by atoms with Gasteiger partial charge in [-0.15, -0.1) is 19.9 Å². The quantitative estimate of drug-likeness (QED) is 0.319. The number of nitrogens with one attached hydrogen (secondary N) is 1. The van der Waals surface area contributed by atoms with E-state index in [4.69, 9.17) is 0 Å². The van der Waals surface area contributed by atoms with Gasteiger partial charge in [-0.1, -0.05) is 0 Å². The summed E-state index contributed by atoms with van der Waals surface area (Å²) in [6, 6.07) is 0. The maximum Gasteiger partial charge on any atom is 0.216 e. The first kappa shape index (κ1) is 11.4. The first-order chi connectivity index (χ1) is 5.13.